The first-order valence-corrected chi connectivity index (χ1v) is 9.80. The molecule has 30 heavy (non-hydrogen) atoms. The lowest BCUT2D eigenvalue weighted by Gasteiger charge is -2.08. The Labute approximate surface area is 177 Å². The van der Waals surface area contributed by atoms with E-state index in [-0.39, 0.29) is 36.0 Å². The molecule has 4 rings (SSSR count). The molecule has 4 aromatic rings. The number of carbonyl (C=O) groups is 1. The molecule has 8 heteroatoms. The third-order valence-corrected chi connectivity index (χ3v) is 5.23. The number of carbonyl (C=O) groups excluding carboxylic acids is 1. The van der Waals surface area contributed by atoms with Crippen LogP contribution in [-0.4, -0.2) is 21.0 Å². The van der Waals surface area contributed by atoms with Crippen LogP contribution in [0.4, 0.5) is 5.69 Å². The van der Waals surface area contributed by atoms with Crippen molar-refractivity contribution >= 4 is 34.1 Å². The summed E-state index contributed by atoms with van der Waals surface area (Å²) in [5.74, 6) is 0.283. The van der Waals surface area contributed by atoms with E-state index in [1.807, 2.05) is 32.0 Å². The van der Waals surface area contributed by atoms with Crippen LogP contribution in [0.15, 0.2) is 51.8 Å². The number of rotatable bonds is 5. The number of hydrogen-bond acceptors (Lipinski definition) is 5. The molecule has 0 saturated heterocycles. The standard InChI is InChI=1S/C22H19ClN4O3/c1-12-6-7-14-11-15(22(29)25-18(14)10-12)21-26-20(30-27-21)9-8-19(28)24-17-5-3-4-16(23)13(17)2/h3-7,10-11H,8-9H2,1-2H3,(H,24,28)(H,25,29). The molecule has 152 valence electrons. The molecule has 2 heterocycles. The van der Waals surface area contributed by atoms with Gasteiger partial charge in [0.2, 0.25) is 17.6 Å². The van der Waals surface area contributed by atoms with Gasteiger partial charge < -0.3 is 14.8 Å². The van der Waals surface area contributed by atoms with Gasteiger partial charge >= 0.3 is 0 Å². The van der Waals surface area contributed by atoms with E-state index in [0.29, 0.717) is 16.3 Å². The largest absolute Gasteiger partial charge is 0.339 e. The van der Waals surface area contributed by atoms with E-state index in [2.05, 4.69) is 20.4 Å². The third kappa shape index (κ3) is 4.11. The second-order valence-electron chi connectivity index (χ2n) is 7.08. The zero-order valence-electron chi connectivity index (χ0n) is 16.5. The normalized spacial score (nSPS) is 11.0. The number of amides is 1. The van der Waals surface area contributed by atoms with Gasteiger partial charge in [-0.3, -0.25) is 9.59 Å². The number of halogens is 1. The van der Waals surface area contributed by atoms with Gasteiger partial charge in [0.05, 0.1) is 5.56 Å². The molecule has 1 amide bonds. The summed E-state index contributed by atoms with van der Waals surface area (Å²) in [5.41, 5.74) is 3.30. The fourth-order valence-electron chi connectivity index (χ4n) is 3.12. The second-order valence-corrected chi connectivity index (χ2v) is 7.48. The zero-order valence-corrected chi connectivity index (χ0v) is 17.2. The average molecular weight is 423 g/mol. The number of hydrogen-bond donors (Lipinski definition) is 2. The molecule has 0 aliphatic heterocycles. The number of nitrogens with one attached hydrogen (secondary N) is 2. The SMILES string of the molecule is Cc1ccc2cc(-c3noc(CCC(=O)Nc4cccc(Cl)c4C)n3)c(=O)[nH]c2c1. The zero-order chi connectivity index (χ0) is 21.3. The highest BCUT2D eigenvalue weighted by Crippen LogP contribution is 2.23. The molecule has 2 aromatic heterocycles. The van der Waals surface area contributed by atoms with Crippen molar-refractivity contribution in [1.29, 1.82) is 0 Å². The number of H-pyrrole nitrogens is 1. The molecule has 2 aromatic carbocycles. The fourth-order valence-corrected chi connectivity index (χ4v) is 3.30. The summed E-state index contributed by atoms with van der Waals surface area (Å²) in [7, 11) is 0. The topological polar surface area (TPSA) is 101 Å². The predicted octanol–water partition coefficient (Wildman–Crippen LogP) is 4.42. The maximum atomic E-state index is 12.4. The van der Waals surface area contributed by atoms with Gasteiger partial charge in [-0.25, -0.2) is 0 Å². The molecular weight excluding hydrogens is 404 g/mol. The Morgan fingerprint density at radius 3 is 2.87 bits per heavy atom. The van der Waals surface area contributed by atoms with E-state index in [1.54, 1.807) is 24.3 Å². The lowest BCUT2D eigenvalue weighted by molar-refractivity contribution is -0.116. The van der Waals surface area contributed by atoms with Gasteiger partial charge in [0, 0.05) is 29.1 Å². The number of fused-ring (bicyclic) bond motifs is 1. The van der Waals surface area contributed by atoms with Crippen LogP contribution in [0, 0.1) is 13.8 Å². The van der Waals surface area contributed by atoms with Crippen LogP contribution in [0.5, 0.6) is 0 Å². The molecule has 0 radical (unpaired) electrons. The van der Waals surface area contributed by atoms with Crippen molar-refractivity contribution in [2.75, 3.05) is 5.32 Å². The molecule has 2 N–H and O–H groups in total. The first-order valence-electron chi connectivity index (χ1n) is 9.42. The Morgan fingerprint density at radius 2 is 2.03 bits per heavy atom. The summed E-state index contributed by atoms with van der Waals surface area (Å²) >= 11 is 6.08. The van der Waals surface area contributed by atoms with Crippen LogP contribution in [-0.2, 0) is 11.2 Å². The van der Waals surface area contributed by atoms with Gasteiger partial charge in [-0.1, -0.05) is 35.0 Å². The van der Waals surface area contributed by atoms with Crippen molar-refractivity contribution in [2.24, 2.45) is 0 Å². The molecule has 7 nitrogen and oxygen atoms in total. The molecule has 0 atom stereocenters. The summed E-state index contributed by atoms with van der Waals surface area (Å²) in [6.45, 7) is 3.80. The maximum absolute atomic E-state index is 12.4. The minimum absolute atomic E-state index is 0.154. The Hall–Kier alpha value is -3.45. The van der Waals surface area contributed by atoms with Gasteiger partial charge in [-0.2, -0.15) is 4.98 Å². The van der Waals surface area contributed by atoms with E-state index in [0.717, 1.165) is 22.0 Å². The van der Waals surface area contributed by atoms with Crippen molar-refractivity contribution in [3.8, 4) is 11.4 Å². The minimum Gasteiger partial charge on any atom is -0.339 e. The molecule has 0 aliphatic rings. The van der Waals surface area contributed by atoms with E-state index < -0.39 is 0 Å². The van der Waals surface area contributed by atoms with Gasteiger partial charge in [0.25, 0.3) is 5.56 Å². The number of pyridine rings is 1. The van der Waals surface area contributed by atoms with E-state index in [9.17, 15) is 9.59 Å². The highest BCUT2D eigenvalue weighted by molar-refractivity contribution is 6.31. The van der Waals surface area contributed by atoms with Gasteiger partial charge in [-0.15, -0.1) is 0 Å². The van der Waals surface area contributed by atoms with Gasteiger partial charge in [-0.05, 0) is 54.6 Å². The highest BCUT2D eigenvalue weighted by Gasteiger charge is 2.15. The molecular formula is C22H19ClN4O3. The Balaban J connectivity index is 1.47. The number of aromatic nitrogens is 3. The van der Waals surface area contributed by atoms with Crippen molar-refractivity contribution in [2.45, 2.75) is 26.7 Å². The summed E-state index contributed by atoms with van der Waals surface area (Å²) in [4.78, 5) is 31.8. The van der Waals surface area contributed by atoms with Crippen LogP contribution in [0.1, 0.15) is 23.4 Å². The summed E-state index contributed by atoms with van der Waals surface area (Å²) < 4.78 is 5.23. The van der Waals surface area contributed by atoms with Crippen molar-refractivity contribution in [3.63, 3.8) is 0 Å². The molecule has 0 unspecified atom stereocenters. The lowest BCUT2D eigenvalue weighted by atomic mass is 10.1. The Morgan fingerprint density at radius 1 is 1.20 bits per heavy atom. The predicted molar refractivity (Wildman–Crippen MR) is 116 cm³/mol. The Bertz CT molecular complexity index is 1310. The number of aromatic amines is 1. The molecule has 0 bridgehead atoms. The number of benzene rings is 2. The highest BCUT2D eigenvalue weighted by atomic mass is 35.5. The molecule has 0 aliphatic carbocycles. The van der Waals surface area contributed by atoms with Crippen LogP contribution < -0.4 is 10.9 Å². The summed E-state index contributed by atoms with van der Waals surface area (Å²) in [6.07, 6.45) is 0.407. The van der Waals surface area contributed by atoms with Crippen molar-refractivity contribution in [1.82, 2.24) is 15.1 Å². The maximum Gasteiger partial charge on any atom is 0.259 e. The molecule has 0 spiro atoms. The van der Waals surface area contributed by atoms with Gasteiger partial charge in [0.1, 0.15) is 0 Å². The van der Waals surface area contributed by atoms with E-state index in [1.165, 1.54) is 0 Å². The number of anilines is 1. The van der Waals surface area contributed by atoms with Crippen molar-refractivity contribution < 1.29 is 9.32 Å². The quantitative estimate of drug-likeness (QED) is 0.495. The van der Waals surface area contributed by atoms with Crippen LogP contribution >= 0.6 is 11.6 Å². The van der Waals surface area contributed by atoms with Crippen LogP contribution in [0.3, 0.4) is 0 Å². The molecule has 0 saturated carbocycles. The smallest absolute Gasteiger partial charge is 0.259 e. The Kier molecular flexibility index (Phi) is 5.37. The van der Waals surface area contributed by atoms with E-state index in [4.69, 9.17) is 16.1 Å². The number of nitrogens with zero attached hydrogens (tertiary/aromatic N) is 2. The van der Waals surface area contributed by atoms with Gasteiger partial charge in [0.15, 0.2) is 0 Å². The molecule has 0 fully saturated rings. The average Bonchev–Trinajstić information content (AvgIpc) is 3.18. The van der Waals surface area contributed by atoms with E-state index >= 15 is 0 Å². The van der Waals surface area contributed by atoms with Crippen molar-refractivity contribution in [3.05, 3.63) is 74.9 Å². The second kappa shape index (κ2) is 8.12. The minimum atomic E-state index is -0.297. The summed E-state index contributed by atoms with van der Waals surface area (Å²) in [5, 5.41) is 8.19. The van der Waals surface area contributed by atoms with Crippen LogP contribution in [0.25, 0.3) is 22.3 Å². The summed E-state index contributed by atoms with van der Waals surface area (Å²) in [6, 6.07) is 12.9. The van der Waals surface area contributed by atoms with Crippen LogP contribution in [0.2, 0.25) is 5.02 Å². The third-order valence-electron chi connectivity index (χ3n) is 4.82. The lowest BCUT2D eigenvalue weighted by Crippen LogP contribution is -2.13. The first kappa shape index (κ1) is 19.8. The number of aryl methyl sites for hydroxylation is 2. The monoisotopic (exact) mass is 422 g/mol. The fraction of sp³-hybridized carbons (Fsp3) is 0.182. The first-order chi connectivity index (χ1) is 14.4.